The molecule has 3 aromatic rings. The van der Waals surface area contributed by atoms with Crippen LogP contribution in [-0.2, 0) is 6.54 Å². The molecule has 5 aliphatic rings. The van der Waals surface area contributed by atoms with E-state index in [0.29, 0.717) is 41.8 Å². The summed E-state index contributed by atoms with van der Waals surface area (Å²) in [6.45, 7) is 3.64. The lowest BCUT2D eigenvalue weighted by Gasteiger charge is -2.34. The molecule has 0 amide bonds. The minimum atomic E-state index is -2.82. The SMILES string of the molecule is Oc1c2c(c(O)n1C[C@H]1CCC[C@@H]1CN1CCC(c3[nH]nc4ccccc34)CC1)C1CC2CC1(O)C1CC1(F)F. The summed E-state index contributed by atoms with van der Waals surface area (Å²) in [6.07, 6.45) is 6.02. The Morgan fingerprint density at radius 2 is 1.62 bits per heavy atom. The van der Waals surface area contributed by atoms with E-state index >= 15 is 0 Å². The highest BCUT2D eigenvalue weighted by molar-refractivity contribution is 5.81. The third kappa shape index (κ3) is 3.62. The molecule has 3 heterocycles. The molecular weight excluding hydrogens is 514 g/mol. The lowest BCUT2D eigenvalue weighted by Crippen LogP contribution is -2.38. The molecule has 4 N–H and O–H groups in total. The van der Waals surface area contributed by atoms with Crippen LogP contribution in [0.1, 0.15) is 85.9 Å². The van der Waals surface area contributed by atoms with Crippen molar-refractivity contribution in [3.05, 3.63) is 41.1 Å². The van der Waals surface area contributed by atoms with Gasteiger partial charge in [0, 0.05) is 53.6 Å². The zero-order valence-corrected chi connectivity index (χ0v) is 22.7. The molecule has 214 valence electrons. The largest absolute Gasteiger partial charge is 0.494 e. The number of rotatable bonds is 6. The molecule has 9 heteroatoms. The van der Waals surface area contributed by atoms with Gasteiger partial charge in [0.15, 0.2) is 11.8 Å². The second-order valence-electron chi connectivity index (χ2n) is 13.5. The Morgan fingerprint density at radius 3 is 2.38 bits per heavy atom. The zero-order chi connectivity index (χ0) is 27.4. The predicted molar refractivity (Wildman–Crippen MR) is 146 cm³/mol. The number of halogens is 2. The van der Waals surface area contributed by atoms with Gasteiger partial charge in [-0.25, -0.2) is 8.78 Å². The van der Waals surface area contributed by atoms with Crippen molar-refractivity contribution in [2.75, 3.05) is 19.6 Å². The highest BCUT2D eigenvalue weighted by Gasteiger charge is 2.72. The summed E-state index contributed by atoms with van der Waals surface area (Å²) < 4.78 is 29.5. The van der Waals surface area contributed by atoms with Crippen molar-refractivity contribution < 1.29 is 24.1 Å². The fourth-order valence-corrected chi connectivity index (χ4v) is 9.24. The highest BCUT2D eigenvalue weighted by Crippen LogP contribution is 2.71. The van der Waals surface area contributed by atoms with Gasteiger partial charge in [-0.2, -0.15) is 5.10 Å². The minimum absolute atomic E-state index is 0.0136. The number of aromatic nitrogens is 3. The van der Waals surface area contributed by atoms with Crippen molar-refractivity contribution >= 4 is 10.9 Å². The second kappa shape index (κ2) is 8.68. The number of hydrogen-bond donors (Lipinski definition) is 4. The van der Waals surface area contributed by atoms with Gasteiger partial charge in [0.05, 0.1) is 17.0 Å². The van der Waals surface area contributed by atoms with Crippen LogP contribution >= 0.6 is 0 Å². The first-order valence-corrected chi connectivity index (χ1v) is 15.1. The molecule has 3 saturated carbocycles. The Kier molecular flexibility index (Phi) is 5.44. The van der Waals surface area contributed by atoms with Crippen LogP contribution in [0.5, 0.6) is 11.8 Å². The van der Waals surface area contributed by atoms with E-state index in [4.69, 9.17) is 0 Å². The number of piperidine rings is 1. The lowest BCUT2D eigenvalue weighted by atomic mass is 9.78. The molecule has 7 nitrogen and oxygen atoms in total. The number of benzene rings is 1. The summed E-state index contributed by atoms with van der Waals surface area (Å²) in [6, 6.07) is 8.30. The maximum atomic E-state index is 14.0. The van der Waals surface area contributed by atoms with Crippen molar-refractivity contribution in [1.29, 1.82) is 0 Å². The lowest BCUT2D eigenvalue weighted by molar-refractivity contribution is -0.0399. The number of fused-ring (bicyclic) bond motifs is 6. The van der Waals surface area contributed by atoms with Crippen molar-refractivity contribution in [2.45, 2.75) is 87.2 Å². The molecule has 1 aliphatic heterocycles. The Morgan fingerprint density at radius 1 is 0.925 bits per heavy atom. The van der Waals surface area contributed by atoms with E-state index in [-0.39, 0.29) is 30.5 Å². The number of aliphatic hydroxyl groups is 1. The molecule has 4 fully saturated rings. The summed E-state index contributed by atoms with van der Waals surface area (Å²) in [7, 11) is 0. The topological polar surface area (TPSA) is 97.5 Å². The van der Waals surface area contributed by atoms with Crippen LogP contribution in [0, 0.1) is 17.8 Å². The Balaban J connectivity index is 0.945. The van der Waals surface area contributed by atoms with E-state index in [9.17, 15) is 24.1 Å². The van der Waals surface area contributed by atoms with Crippen LogP contribution in [0.3, 0.4) is 0 Å². The van der Waals surface area contributed by atoms with E-state index in [2.05, 4.69) is 33.3 Å². The molecule has 4 aliphatic carbocycles. The van der Waals surface area contributed by atoms with Gasteiger partial charge in [0.1, 0.15) is 0 Å². The number of aromatic hydroxyl groups is 2. The van der Waals surface area contributed by atoms with Gasteiger partial charge in [-0.1, -0.05) is 24.6 Å². The van der Waals surface area contributed by atoms with Gasteiger partial charge >= 0.3 is 0 Å². The summed E-state index contributed by atoms with van der Waals surface area (Å²) in [5.74, 6) is -3.17. The van der Waals surface area contributed by atoms with Crippen LogP contribution in [0.25, 0.3) is 10.9 Å². The first kappa shape index (κ1) is 25.1. The van der Waals surface area contributed by atoms with Crippen LogP contribution < -0.4 is 0 Å². The van der Waals surface area contributed by atoms with Crippen molar-refractivity contribution in [3.63, 3.8) is 0 Å². The maximum absolute atomic E-state index is 14.0. The van der Waals surface area contributed by atoms with Crippen molar-refractivity contribution in [2.24, 2.45) is 17.8 Å². The molecule has 0 spiro atoms. The van der Waals surface area contributed by atoms with E-state index in [1.54, 1.807) is 4.57 Å². The second-order valence-corrected chi connectivity index (χ2v) is 13.5. The number of para-hydroxylation sites is 1. The van der Waals surface area contributed by atoms with Gasteiger partial charge in [-0.15, -0.1) is 0 Å². The minimum Gasteiger partial charge on any atom is -0.494 e. The Labute approximate surface area is 232 Å². The molecule has 2 aromatic heterocycles. The molecule has 6 atom stereocenters. The first-order chi connectivity index (χ1) is 19.2. The molecular formula is C31H38F2N4O3. The van der Waals surface area contributed by atoms with Gasteiger partial charge in [0.2, 0.25) is 0 Å². The number of likely N-dealkylation sites (tertiary alicyclic amines) is 1. The van der Waals surface area contributed by atoms with Gasteiger partial charge in [0.25, 0.3) is 5.92 Å². The fourth-order valence-electron chi connectivity index (χ4n) is 9.24. The normalized spacial score (nSPS) is 35.1. The zero-order valence-electron chi connectivity index (χ0n) is 22.7. The molecule has 8 rings (SSSR count). The number of nitrogens with one attached hydrogen (secondary N) is 1. The van der Waals surface area contributed by atoms with Crippen LogP contribution in [0.15, 0.2) is 24.3 Å². The number of nitrogens with zero attached hydrogens (tertiary/aromatic N) is 3. The standard InChI is InChI=1S/C31H38F2N4O3/c32-31(33)14-24(31)30(40)13-20-12-22(30)26-25(20)28(38)37(29(26)39)16-19-5-3-4-18(19)15-36-10-8-17(9-11-36)27-21-6-1-2-7-23(21)34-35-27/h1-2,6-7,17-20,22,24,38-40H,3-5,8-16H2,(H,34,35)/t18-,19-,20?,22?,24?,30?/m1/s1. The van der Waals surface area contributed by atoms with E-state index in [1.165, 1.54) is 11.1 Å². The monoisotopic (exact) mass is 552 g/mol. The smallest absolute Gasteiger partial charge is 0.254 e. The third-order valence-corrected chi connectivity index (χ3v) is 11.4. The predicted octanol–water partition coefficient (Wildman–Crippen LogP) is 5.43. The van der Waals surface area contributed by atoms with E-state index in [0.717, 1.165) is 57.3 Å². The first-order valence-electron chi connectivity index (χ1n) is 15.1. The van der Waals surface area contributed by atoms with Gasteiger partial charge < -0.3 is 20.2 Å². The average Bonchev–Trinajstić information content (AvgIpc) is 3.51. The summed E-state index contributed by atoms with van der Waals surface area (Å²) in [4.78, 5) is 2.57. The summed E-state index contributed by atoms with van der Waals surface area (Å²) in [5.41, 5.74) is 2.02. The summed E-state index contributed by atoms with van der Waals surface area (Å²) >= 11 is 0. The number of hydrogen-bond acceptors (Lipinski definition) is 5. The number of aromatic amines is 1. The van der Waals surface area contributed by atoms with Gasteiger partial charge in [-0.05, 0) is 75.4 Å². The number of H-pyrrole nitrogens is 1. The third-order valence-electron chi connectivity index (χ3n) is 11.4. The molecule has 2 bridgehead atoms. The quantitative estimate of drug-likeness (QED) is 0.327. The fraction of sp³-hybridized carbons (Fsp3) is 0.645. The van der Waals surface area contributed by atoms with Gasteiger partial charge in [-0.3, -0.25) is 9.67 Å². The van der Waals surface area contributed by atoms with E-state index in [1.807, 2.05) is 6.07 Å². The van der Waals surface area contributed by atoms with Crippen LogP contribution in [0.2, 0.25) is 0 Å². The highest BCUT2D eigenvalue weighted by atomic mass is 19.3. The van der Waals surface area contributed by atoms with E-state index < -0.39 is 23.4 Å². The molecule has 1 aromatic carbocycles. The molecule has 0 radical (unpaired) electrons. The Hall–Kier alpha value is -2.65. The van der Waals surface area contributed by atoms with Crippen LogP contribution in [-0.4, -0.2) is 66.1 Å². The van der Waals surface area contributed by atoms with Crippen LogP contribution in [0.4, 0.5) is 8.78 Å². The molecule has 1 saturated heterocycles. The molecule has 4 unspecified atom stereocenters. The maximum Gasteiger partial charge on any atom is 0.254 e. The Bertz CT molecular complexity index is 1460. The van der Waals surface area contributed by atoms with Crippen molar-refractivity contribution in [3.8, 4) is 11.8 Å². The molecule has 40 heavy (non-hydrogen) atoms. The number of alkyl halides is 2. The van der Waals surface area contributed by atoms with Crippen molar-refractivity contribution in [1.82, 2.24) is 19.7 Å². The summed E-state index contributed by atoms with van der Waals surface area (Å²) in [5, 5.41) is 42.7. The average molecular weight is 553 g/mol.